The molecule has 0 bridgehead atoms. The van der Waals surface area contributed by atoms with Gasteiger partial charge < -0.3 is 5.32 Å². The highest BCUT2D eigenvalue weighted by Gasteiger charge is 2.40. The van der Waals surface area contributed by atoms with Crippen LogP contribution in [0, 0.1) is 13.8 Å². The zero-order chi connectivity index (χ0) is 26.7. The summed E-state index contributed by atoms with van der Waals surface area (Å²) in [6.07, 6.45) is 5.70. The summed E-state index contributed by atoms with van der Waals surface area (Å²) in [7, 11) is 0. The van der Waals surface area contributed by atoms with Crippen LogP contribution in [0.15, 0.2) is 57.9 Å². The van der Waals surface area contributed by atoms with Crippen molar-refractivity contribution in [1.82, 2.24) is 9.97 Å². The summed E-state index contributed by atoms with van der Waals surface area (Å²) in [5.74, 6) is 0.245. The summed E-state index contributed by atoms with van der Waals surface area (Å²) >= 11 is 13.1. The molecule has 3 heterocycles. The lowest BCUT2D eigenvalue weighted by atomic mass is 9.79. The molecule has 0 saturated carbocycles. The molecule has 2 aliphatic heterocycles. The molecule has 0 amide bonds. The Balaban J connectivity index is 1.45. The third-order valence-corrected chi connectivity index (χ3v) is 7.91. The number of aryl methyl sites for hydroxylation is 2. The van der Waals surface area contributed by atoms with Crippen LogP contribution in [0.25, 0.3) is 0 Å². The molecule has 0 atom stereocenters. The lowest BCUT2D eigenvalue weighted by Gasteiger charge is -2.23. The van der Waals surface area contributed by atoms with E-state index in [-0.39, 0.29) is 5.95 Å². The Labute approximate surface area is 226 Å². The normalized spacial score (nSPS) is 18.3. The van der Waals surface area contributed by atoms with Crippen molar-refractivity contribution >= 4 is 58.7 Å². The summed E-state index contributed by atoms with van der Waals surface area (Å²) in [6.45, 7) is 12.3. The molecular formula is C29H27Cl2N5O. The van der Waals surface area contributed by atoms with Gasteiger partial charge >= 0.3 is 0 Å². The number of carbonyl (C=O) groups is 1. The van der Waals surface area contributed by atoms with E-state index in [1.54, 1.807) is 12.4 Å². The number of rotatable bonds is 4. The molecule has 0 aliphatic carbocycles. The molecule has 5 rings (SSSR count). The number of anilines is 1. The van der Waals surface area contributed by atoms with Crippen LogP contribution in [-0.2, 0) is 15.6 Å². The molecule has 2 aliphatic rings. The monoisotopic (exact) mass is 531 g/mol. The van der Waals surface area contributed by atoms with Gasteiger partial charge in [-0.1, -0.05) is 49.2 Å². The summed E-state index contributed by atoms with van der Waals surface area (Å²) < 4.78 is 0. The van der Waals surface area contributed by atoms with Crippen molar-refractivity contribution in [2.75, 3.05) is 5.32 Å². The number of fused-ring (bicyclic) bond motifs is 2. The number of aldehydes is 1. The first-order valence-electron chi connectivity index (χ1n) is 12.0. The van der Waals surface area contributed by atoms with Gasteiger partial charge in [0.25, 0.3) is 0 Å². The minimum absolute atomic E-state index is 0.245. The van der Waals surface area contributed by atoms with Crippen molar-refractivity contribution in [1.29, 1.82) is 0 Å². The van der Waals surface area contributed by atoms with Crippen LogP contribution in [-0.4, -0.2) is 28.2 Å². The Morgan fingerprint density at radius 3 is 2.14 bits per heavy atom. The highest BCUT2D eigenvalue weighted by atomic mass is 35.5. The maximum atomic E-state index is 12.1. The third-order valence-electron chi connectivity index (χ3n) is 7.28. The van der Waals surface area contributed by atoms with E-state index in [4.69, 9.17) is 28.2 Å². The fraction of sp³-hybridized carbons (Fsp3) is 0.276. The van der Waals surface area contributed by atoms with Crippen molar-refractivity contribution in [3.63, 3.8) is 0 Å². The molecule has 188 valence electrons. The lowest BCUT2D eigenvalue weighted by Crippen LogP contribution is -2.27. The van der Waals surface area contributed by atoms with E-state index in [1.165, 1.54) is 6.21 Å². The number of nitrogens with zero attached hydrogens (tertiary/aromatic N) is 4. The number of halogens is 2. The first-order valence-corrected chi connectivity index (χ1v) is 12.7. The van der Waals surface area contributed by atoms with Gasteiger partial charge in [-0.15, -0.1) is 0 Å². The molecule has 0 radical (unpaired) electrons. The van der Waals surface area contributed by atoms with Gasteiger partial charge in [0, 0.05) is 67.6 Å². The fourth-order valence-corrected chi connectivity index (χ4v) is 6.07. The first-order chi connectivity index (χ1) is 17.5. The van der Waals surface area contributed by atoms with E-state index < -0.39 is 10.8 Å². The standard InChI is InChI=1S/C29H27Cl2N5O/c1-15-7-9-19(30)21-23(15)35-25(28(21,3)4)17-11-32-27(33-12-17)34-13-18(14-37)26-29(5,6)22-20(31)10-8-16(2)24(22)36-26/h7-14,36H,1-6H3/b26-18-,34-13+. The topological polar surface area (TPSA) is 79.6 Å². The molecule has 0 unspecified atom stereocenters. The Hall–Kier alpha value is -3.35. The van der Waals surface area contributed by atoms with E-state index in [9.17, 15) is 4.79 Å². The predicted octanol–water partition coefficient (Wildman–Crippen LogP) is 7.37. The molecule has 0 saturated heterocycles. The van der Waals surface area contributed by atoms with Crippen LogP contribution in [0.4, 0.5) is 17.3 Å². The molecule has 8 heteroatoms. The minimum Gasteiger partial charge on any atom is -0.357 e. The van der Waals surface area contributed by atoms with Gasteiger partial charge in [-0.05, 0) is 51.0 Å². The van der Waals surface area contributed by atoms with Gasteiger partial charge in [0.2, 0.25) is 5.95 Å². The molecule has 0 fully saturated rings. The van der Waals surface area contributed by atoms with Gasteiger partial charge in [0.1, 0.15) is 0 Å². The van der Waals surface area contributed by atoms with Crippen LogP contribution < -0.4 is 5.32 Å². The van der Waals surface area contributed by atoms with Gasteiger partial charge in [-0.2, -0.15) is 0 Å². The highest BCUT2D eigenvalue weighted by molar-refractivity contribution is 6.33. The molecule has 1 aromatic heterocycles. The summed E-state index contributed by atoms with van der Waals surface area (Å²) in [6, 6.07) is 7.74. The Morgan fingerprint density at radius 1 is 0.919 bits per heavy atom. The average Bonchev–Trinajstić information content (AvgIpc) is 3.31. The predicted molar refractivity (Wildman–Crippen MR) is 152 cm³/mol. The average molecular weight is 532 g/mol. The quantitative estimate of drug-likeness (QED) is 0.216. The number of hydrogen-bond donors (Lipinski definition) is 1. The maximum Gasteiger partial charge on any atom is 0.249 e. The van der Waals surface area contributed by atoms with E-state index in [0.717, 1.165) is 56.9 Å². The Bertz CT molecular complexity index is 1550. The van der Waals surface area contributed by atoms with Crippen molar-refractivity contribution in [3.05, 3.63) is 85.8 Å². The summed E-state index contributed by atoms with van der Waals surface area (Å²) in [5, 5.41) is 4.75. The summed E-state index contributed by atoms with van der Waals surface area (Å²) in [5.41, 5.74) is 7.84. The SMILES string of the molecule is Cc1ccc(Cl)c2c1N=C(c1cnc(/N=C/C(C=O)=C3/Nc4c(C)ccc(Cl)c4C3(C)C)nc1)C2(C)C. The molecule has 2 aromatic carbocycles. The van der Waals surface area contributed by atoms with Gasteiger partial charge in [0.15, 0.2) is 6.29 Å². The summed E-state index contributed by atoms with van der Waals surface area (Å²) in [4.78, 5) is 30.2. The molecule has 37 heavy (non-hydrogen) atoms. The number of aliphatic imine (C=N–C) groups is 2. The number of allylic oxidation sites excluding steroid dienone is 2. The van der Waals surface area contributed by atoms with E-state index >= 15 is 0 Å². The first kappa shape index (κ1) is 25.3. The van der Waals surface area contributed by atoms with E-state index in [1.807, 2.05) is 52.0 Å². The van der Waals surface area contributed by atoms with E-state index in [0.29, 0.717) is 15.6 Å². The molecule has 0 spiro atoms. The zero-order valence-electron chi connectivity index (χ0n) is 21.6. The fourth-order valence-electron chi connectivity index (χ4n) is 5.29. The van der Waals surface area contributed by atoms with Crippen LogP contribution in [0.3, 0.4) is 0 Å². The number of nitrogens with one attached hydrogen (secondary N) is 1. The molecule has 1 N–H and O–H groups in total. The second kappa shape index (κ2) is 8.89. The van der Waals surface area contributed by atoms with Gasteiger partial charge in [0.05, 0.1) is 17.0 Å². The molecular weight excluding hydrogens is 505 g/mol. The smallest absolute Gasteiger partial charge is 0.249 e. The zero-order valence-corrected chi connectivity index (χ0v) is 23.1. The maximum absolute atomic E-state index is 12.1. The van der Waals surface area contributed by atoms with Crippen LogP contribution in [0.2, 0.25) is 10.0 Å². The van der Waals surface area contributed by atoms with Crippen LogP contribution >= 0.6 is 23.2 Å². The van der Waals surface area contributed by atoms with Crippen molar-refractivity contribution in [3.8, 4) is 0 Å². The van der Waals surface area contributed by atoms with Gasteiger partial charge in [-0.25, -0.2) is 15.0 Å². The van der Waals surface area contributed by atoms with Crippen molar-refractivity contribution in [2.24, 2.45) is 9.98 Å². The van der Waals surface area contributed by atoms with Crippen molar-refractivity contribution < 1.29 is 4.79 Å². The number of benzene rings is 2. The largest absolute Gasteiger partial charge is 0.357 e. The van der Waals surface area contributed by atoms with Crippen molar-refractivity contribution in [2.45, 2.75) is 52.4 Å². The van der Waals surface area contributed by atoms with Crippen LogP contribution in [0.5, 0.6) is 0 Å². The molecule has 6 nitrogen and oxygen atoms in total. The second-order valence-electron chi connectivity index (χ2n) is 10.5. The Morgan fingerprint density at radius 2 is 1.54 bits per heavy atom. The van der Waals surface area contributed by atoms with E-state index in [2.05, 4.69) is 34.1 Å². The molecule has 3 aromatic rings. The lowest BCUT2D eigenvalue weighted by molar-refractivity contribution is -0.104. The number of carbonyl (C=O) groups excluding carboxylic acids is 1. The van der Waals surface area contributed by atoms with Gasteiger partial charge in [-0.3, -0.25) is 9.79 Å². The second-order valence-corrected chi connectivity index (χ2v) is 11.3. The number of hydrogen-bond acceptors (Lipinski definition) is 6. The number of aromatic nitrogens is 2. The Kier molecular flexibility index (Phi) is 6.08. The minimum atomic E-state index is -0.494. The van der Waals surface area contributed by atoms with Crippen LogP contribution in [0.1, 0.15) is 55.5 Å². The third kappa shape index (κ3) is 3.99. The highest BCUT2D eigenvalue weighted by Crippen LogP contribution is 2.49.